The number of phenolic OH excluding ortho intramolecular Hbond substituents is 1. The highest BCUT2D eigenvalue weighted by Gasteiger charge is 2.17. The fraction of sp³-hybridized carbons (Fsp3) is 0.222. The third-order valence-corrected chi connectivity index (χ3v) is 2.44. The van der Waals surface area contributed by atoms with Crippen LogP contribution < -0.4 is 10.5 Å². The summed E-state index contributed by atoms with van der Waals surface area (Å²) < 4.78 is 5.38. The Morgan fingerprint density at radius 2 is 2.29 bits per heavy atom. The maximum Gasteiger partial charge on any atom is 0.181 e. The van der Waals surface area contributed by atoms with Gasteiger partial charge in [-0.3, -0.25) is 4.79 Å². The van der Waals surface area contributed by atoms with Crippen molar-refractivity contribution in [2.75, 3.05) is 13.7 Å². The Morgan fingerprint density at radius 3 is 2.79 bits per heavy atom. The number of rotatable bonds is 3. The molecular weight excluding hydrogens is 250 g/mol. The number of hydrogen-bond acceptors (Lipinski definition) is 4. The highest BCUT2D eigenvalue weighted by atomic mass is 79.9. The lowest BCUT2D eigenvalue weighted by Crippen LogP contribution is -2.14. The van der Waals surface area contributed by atoms with Crippen LogP contribution in [-0.2, 0) is 0 Å². The van der Waals surface area contributed by atoms with Gasteiger partial charge in [0.25, 0.3) is 0 Å². The summed E-state index contributed by atoms with van der Waals surface area (Å²) in [6.45, 7) is -0.153. The zero-order chi connectivity index (χ0) is 10.7. The van der Waals surface area contributed by atoms with Crippen molar-refractivity contribution in [3.05, 3.63) is 22.2 Å². The largest absolute Gasteiger partial charge is 0.504 e. The molecule has 0 spiro atoms. The molecular formula is C9H10BrNO3. The first-order valence-electron chi connectivity index (χ1n) is 3.90. The van der Waals surface area contributed by atoms with Crippen molar-refractivity contribution in [3.8, 4) is 11.5 Å². The Morgan fingerprint density at radius 1 is 1.64 bits per heavy atom. The summed E-state index contributed by atoms with van der Waals surface area (Å²) in [7, 11) is 1.42. The minimum absolute atomic E-state index is 0.153. The summed E-state index contributed by atoms with van der Waals surface area (Å²) >= 11 is 3.16. The van der Waals surface area contributed by atoms with Gasteiger partial charge in [0.15, 0.2) is 17.3 Å². The number of ketones is 1. The molecule has 1 aromatic carbocycles. The van der Waals surface area contributed by atoms with Gasteiger partial charge < -0.3 is 15.6 Å². The number of benzene rings is 1. The summed E-state index contributed by atoms with van der Waals surface area (Å²) in [5.41, 5.74) is 5.37. The molecule has 0 amide bonds. The molecule has 1 rings (SSSR count). The van der Waals surface area contributed by atoms with Gasteiger partial charge in [0.1, 0.15) is 0 Å². The number of halogens is 1. The highest BCUT2D eigenvalue weighted by Crippen LogP contribution is 2.34. The van der Waals surface area contributed by atoms with Gasteiger partial charge in [0, 0.05) is 4.47 Å². The molecule has 0 saturated carbocycles. The predicted molar refractivity (Wildman–Crippen MR) is 55.7 cm³/mol. The minimum Gasteiger partial charge on any atom is -0.504 e. The molecule has 1 aromatic rings. The van der Waals surface area contributed by atoms with E-state index in [2.05, 4.69) is 15.9 Å². The number of nitrogens with two attached hydrogens (primary N) is 1. The molecule has 0 aliphatic heterocycles. The molecule has 5 heteroatoms. The smallest absolute Gasteiger partial charge is 0.181 e. The summed E-state index contributed by atoms with van der Waals surface area (Å²) in [6.07, 6.45) is 0. The summed E-state index contributed by atoms with van der Waals surface area (Å²) in [5, 5.41) is 9.64. The molecule has 0 aliphatic rings. The number of carbonyl (C=O) groups is 1. The van der Waals surface area contributed by atoms with Gasteiger partial charge in [-0.15, -0.1) is 0 Å². The van der Waals surface area contributed by atoms with Gasteiger partial charge in [-0.25, -0.2) is 0 Å². The summed E-state index contributed by atoms with van der Waals surface area (Å²) in [4.78, 5) is 11.4. The Kier molecular flexibility index (Phi) is 3.49. The molecule has 0 aliphatic carbocycles. The van der Waals surface area contributed by atoms with Crippen LogP contribution in [0.5, 0.6) is 11.5 Å². The third kappa shape index (κ3) is 1.88. The lowest BCUT2D eigenvalue weighted by atomic mass is 10.1. The quantitative estimate of drug-likeness (QED) is 0.803. The Balaban J connectivity index is 3.32. The van der Waals surface area contributed by atoms with Crippen LogP contribution in [0.3, 0.4) is 0 Å². The fourth-order valence-corrected chi connectivity index (χ4v) is 1.62. The van der Waals surface area contributed by atoms with Gasteiger partial charge in [-0.05, 0) is 28.1 Å². The van der Waals surface area contributed by atoms with Gasteiger partial charge >= 0.3 is 0 Å². The van der Waals surface area contributed by atoms with Crippen molar-refractivity contribution in [1.29, 1.82) is 0 Å². The third-order valence-electron chi connectivity index (χ3n) is 1.77. The molecule has 0 saturated heterocycles. The first kappa shape index (κ1) is 11.0. The van der Waals surface area contributed by atoms with Crippen LogP contribution in [0.15, 0.2) is 16.6 Å². The summed E-state index contributed by atoms with van der Waals surface area (Å²) in [6, 6.07) is 3.19. The van der Waals surface area contributed by atoms with Crippen LogP contribution in [0, 0.1) is 0 Å². The fourth-order valence-electron chi connectivity index (χ4n) is 1.08. The van der Waals surface area contributed by atoms with Crippen LogP contribution in [0.1, 0.15) is 10.4 Å². The van der Waals surface area contributed by atoms with Gasteiger partial charge in [-0.2, -0.15) is 0 Å². The molecule has 3 N–H and O–H groups in total. The van der Waals surface area contributed by atoms with Crippen LogP contribution in [0.25, 0.3) is 0 Å². The van der Waals surface area contributed by atoms with Crippen LogP contribution in [-0.4, -0.2) is 24.5 Å². The molecule has 0 unspecified atom stereocenters. The topological polar surface area (TPSA) is 72.5 Å². The first-order chi connectivity index (χ1) is 6.61. The highest BCUT2D eigenvalue weighted by molar-refractivity contribution is 9.10. The minimum atomic E-state index is -0.340. The first-order valence-corrected chi connectivity index (χ1v) is 4.69. The van der Waals surface area contributed by atoms with Crippen molar-refractivity contribution in [2.45, 2.75) is 0 Å². The van der Waals surface area contributed by atoms with Gasteiger partial charge in [-0.1, -0.05) is 0 Å². The van der Waals surface area contributed by atoms with E-state index in [9.17, 15) is 9.90 Å². The van der Waals surface area contributed by atoms with E-state index < -0.39 is 0 Å². The van der Waals surface area contributed by atoms with E-state index in [-0.39, 0.29) is 29.4 Å². The Hall–Kier alpha value is -1.07. The van der Waals surface area contributed by atoms with Crippen molar-refractivity contribution < 1.29 is 14.6 Å². The van der Waals surface area contributed by atoms with Crippen molar-refractivity contribution in [2.24, 2.45) is 5.73 Å². The van der Waals surface area contributed by atoms with E-state index in [0.29, 0.717) is 4.47 Å². The molecule has 4 nitrogen and oxygen atoms in total. The second kappa shape index (κ2) is 4.43. The monoisotopic (exact) mass is 259 g/mol. The zero-order valence-corrected chi connectivity index (χ0v) is 9.17. The van der Waals surface area contributed by atoms with Gasteiger partial charge in [0.05, 0.1) is 19.2 Å². The van der Waals surface area contributed by atoms with E-state index in [0.717, 1.165) is 0 Å². The standard InChI is InChI=1S/C9H10BrNO3/c1-14-7-3-2-5(10)8(9(7)13)6(12)4-11/h2-3,13H,4,11H2,1H3. The van der Waals surface area contributed by atoms with E-state index in [1.165, 1.54) is 7.11 Å². The van der Waals surface area contributed by atoms with Crippen LogP contribution >= 0.6 is 15.9 Å². The number of Topliss-reactive ketones (excluding diaryl/α,β-unsaturated/α-hetero) is 1. The number of ether oxygens (including phenoxy) is 1. The maximum absolute atomic E-state index is 11.4. The number of phenols is 1. The molecule has 0 fully saturated rings. The SMILES string of the molecule is COc1ccc(Br)c(C(=O)CN)c1O. The second-order valence-corrected chi connectivity index (χ2v) is 3.45. The molecule has 0 heterocycles. The van der Waals surface area contributed by atoms with Crippen LogP contribution in [0.4, 0.5) is 0 Å². The number of methoxy groups -OCH3 is 1. The molecule has 76 valence electrons. The maximum atomic E-state index is 11.4. The van der Waals surface area contributed by atoms with Crippen molar-refractivity contribution in [1.82, 2.24) is 0 Å². The van der Waals surface area contributed by atoms with Gasteiger partial charge in [0.2, 0.25) is 0 Å². The molecule has 0 atom stereocenters. The number of hydrogen-bond donors (Lipinski definition) is 2. The Bertz CT molecular complexity index is 365. The number of carbonyl (C=O) groups excluding carboxylic acids is 1. The average molecular weight is 260 g/mol. The normalized spacial score (nSPS) is 9.93. The lowest BCUT2D eigenvalue weighted by molar-refractivity contribution is 0.0997. The Labute approximate surface area is 89.8 Å². The van der Waals surface area contributed by atoms with E-state index in [1.54, 1.807) is 12.1 Å². The predicted octanol–water partition coefficient (Wildman–Crippen LogP) is 1.30. The second-order valence-electron chi connectivity index (χ2n) is 2.60. The lowest BCUT2D eigenvalue weighted by Gasteiger charge is -2.08. The zero-order valence-electron chi connectivity index (χ0n) is 7.58. The summed E-state index contributed by atoms with van der Waals surface area (Å²) in [5.74, 6) is -0.268. The average Bonchev–Trinajstić information content (AvgIpc) is 2.18. The molecule has 14 heavy (non-hydrogen) atoms. The van der Waals surface area contributed by atoms with E-state index in [4.69, 9.17) is 10.5 Å². The number of aromatic hydroxyl groups is 1. The molecule has 0 aromatic heterocycles. The van der Waals surface area contributed by atoms with Crippen LogP contribution in [0.2, 0.25) is 0 Å². The van der Waals surface area contributed by atoms with Crippen molar-refractivity contribution >= 4 is 21.7 Å². The molecule has 0 radical (unpaired) electrons. The van der Waals surface area contributed by atoms with E-state index >= 15 is 0 Å². The van der Waals surface area contributed by atoms with E-state index in [1.807, 2.05) is 0 Å². The van der Waals surface area contributed by atoms with Crippen molar-refractivity contribution in [3.63, 3.8) is 0 Å². The molecule has 0 bridgehead atoms.